The van der Waals surface area contributed by atoms with Crippen LogP contribution in [0.2, 0.25) is 0 Å². The van der Waals surface area contributed by atoms with Gasteiger partial charge in [0, 0.05) is 32.4 Å². The van der Waals surface area contributed by atoms with Crippen LogP contribution >= 0.6 is 0 Å². The van der Waals surface area contributed by atoms with Gasteiger partial charge in [-0.1, -0.05) is 222 Å². The van der Waals surface area contributed by atoms with Gasteiger partial charge in [0.05, 0.1) is 13.2 Å². The first-order valence-corrected chi connectivity index (χ1v) is 30.8. The van der Waals surface area contributed by atoms with E-state index in [-0.39, 0.29) is 23.8 Å². The fraction of sp³-hybridized carbons (Fsp3) is 0.934. The molecular weight excluding hydrogens is 871 g/mol. The molecule has 70 heavy (non-hydrogen) atoms. The zero-order valence-electron chi connectivity index (χ0n) is 47.8. The van der Waals surface area contributed by atoms with Crippen LogP contribution in [-0.2, 0) is 28.7 Å². The molecule has 0 radical (unpaired) electrons. The summed E-state index contributed by atoms with van der Waals surface area (Å²) >= 11 is 0. The van der Waals surface area contributed by atoms with Crippen LogP contribution in [0.4, 0.5) is 0 Å². The first kappa shape index (κ1) is 67.8. The van der Waals surface area contributed by atoms with Crippen molar-refractivity contribution in [1.29, 1.82) is 0 Å². The first-order valence-electron chi connectivity index (χ1n) is 30.8. The Morgan fingerprint density at radius 1 is 0.386 bits per heavy atom. The summed E-state index contributed by atoms with van der Waals surface area (Å²) in [5, 5.41) is 3.28. The Kier molecular flexibility index (Phi) is 50.1. The summed E-state index contributed by atoms with van der Waals surface area (Å²) in [4.78, 5) is 57.9. The highest BCUT2D eigenvalue weighted by atomic mass is 16.5. The summed E-state index contributed by atoms with van der Waals surface area (Å²) in [6.45, 7) is 20.8. The molecule has 0 rings (SSSR count). The molecule has 3 unspecified atom stereocenters. The molecule has 0 saturated carbocycles. The number of carbonyl (C=O) groups is 4. The van der Waals surface area contributed by atoms with Gasteiger partial charge < -0.3 is 24.6 Å². The number of hydrogen-bond acceptors (Lipinski definition) is 7. The molecule has 1 N–H and O–H groups in total. The monoisotopic (exact) mass is 990 g/mol. The summed E-state index contributed by atoms with van der Waals surface area (Å²) < 4.78 is 11.5. The predicted octanol–water partition coefficient (Wildman–Crippen LogP) is 16.7. The molecule has 0 aromatic heterocycles. The molecule has 0 aromatic carbocycles. The highest BCUT2D eigenvalue weighted by Gasteiger charge is 2.29. The number of rotatable bonds is 54. The zero-order valence-corrected chi connectivity index (χ0v) is 47.8. The summed E-state index contributed by atoms with van der Waals surface area (Å²) in [5.74, 6) is 0.975. The van der Waals surface area contributed by atoms with E-state index < -0.39 is 6.04 Å². The second-order valence-corrected chi connectivity index (χ2v) is 21.3. The molecule has 0 bridgehead atoms. The van der Waals surface area contributed by atoms with Gasteiger partial charge in [-0.25, -0.2) is 0 Å². The molecule has 0 aliphatic rings. The van der Waals surface area contributed by atoms with Crippen LogP contribution in [0.15, 0.2) is 0 Å². The number of carbonyl (C=O) groups excluding carboxylic acids is 4. The molecule has 9 nitrogen and oxygen atoms in total. The summed E-state index contributed by atoms with van der Waals surface area (Å²) in [6, 6.07) is -0.454. The maximum absolute atomic E-state index is 14.2. The minimum Gasteiger partial charge on any atom is -0.465 e. The third-order valence-corrected chi connectivity index (χ3v) is 14.8. The summed E-state index contributed by atoms with van der Waals surface area (Å²) in [6.07, 6.45) is 42.6. The average molecular weight is 991 g/mol. The Bertz CT molecular complexity index is 1180. The van der Waals surface area contributed by atoms with Gasteiger partial charge in [0.25, 0.3) is 0 Å². The van der Waals surface area contributed by atoms with Gasteiger partial charge in [-0.3, -0.25) is 19.2 Å². The average Bonchev–Trinajstić information content (AvgIpc) is 3.36. The van der Waals surface area contributed by atoms with E-state index in [1.807, 2.05) is 4.90 Å². The van der Waals surface area contributed by atoms with Crippen molar-refractivity contribution in [2.45, 2.75) is 311 Å². The standard InChI is InChI=1S/C61H119N3O6/c1-8-15-20-23-24-27-33-40-50-62-61(68)57(46-36-29-25-26-31-38-48-59(66)69-53-55(42-18-11-4)44-34-21-16-9-2)64(52-41-51-63(13-6)14-7)58(65)47-37-30-28-32-39-49-60(67)70-54-56(43-19-12-5)45-35-22-17-10-3/h55-57H,8-54H2,1-7H3,(H,62,68). The van der Waals surface area contributed by atoms with E-state index in [0.29, 0.717) is 63.8 Å². The van der Waals surface area contributed by atoms with E-state index in [1.165, 1.54) is 116 Å². The predicted molar refractivity (Wildman–Crippen MR) is 298 cm³/mol. The first-order chi connectivity index (χ1) is 34.2. The van der Waals surface area contributed by atoms with Gasteiger partial charge >= 0.3 is 11.9 Å². The molecule has 0 aliphatic heterocycles. The molecule has 2 amide bonds. The number of nitrogens with one attached hydrogen (secondary N) is 1. The molecule has 0 fully saturated rings. The Labute approximate surface area is 435 Å². The van der Waals surface area contributed by atoms with Crippen LogP contribution in [0.3, 0.4) is 0 Å². The smallest absolute Gasteiger partial charge is 0.305 e. The van der Waals surface area contributed by atoms with Crippen LogP contribution in [0.25, 0.3) is 0 Å². The molecule has 0 aliphatic carbocycles. The fourth-order valence-corrected chi connectivity index (χ4v) is 9.90. The van der Waals surface area contributed by atoms with Gasteiger partial charge in [-0.05, 0) is 95.7 Å². The minimum absolute atomic E-state index is 0.00982. The Balaban J connectivity index is 5.30. The van der Waals surface area contributed by atoms with Gasteiger partial charge in [0.2, 0.25) is 11.8 Å². The third-order valence-electron chi connectivity index (χ3n) is 14.8. The van der Waals surface area contributed by atoms with Crippen molar-refractivity contribution >= 4 is 23.8 Å². The van der Waals surface area contributed by atoms with Crippen molar-refractivity contribution in [2.75, 3.05) is 45.9 Å². The number of nitrogens with zero attached hydrogens (tertiary/aromatic N) is 2. The van der Waals surface area contributed by atoms with Crippen LogP contribution in [0.1, 0.15) is 305 Å². The lowest BCUT2D eigenvalue weighted by Crippen LogP contribution is -2.50. The Morgan fingerprint density at radius 3 is 1.21 bits per heavy atom. The quantitative estimate of drug-likeness (QED) is 0.0478. The van der Waals surface area contributed by atoms with Crippen molar-refractivity contribution < 1.29 is 28.7 Å². The second-order valence-electron chi connectivity index (χ2n) is 21.3. The Hall–Kier alpha value is -2.16. The molecule has 0 saturated heterocycles. The van der Waals surface area contributed by atoms with Crippen molar-refractivity contribution in [1.82, 2.24) is 15.1 Å². The summed E-state index contributed by atoms with van der Waals surface area (Å²) in [7, 11) is 0. The van der Waals surface area contributed by atoms with Crippen LogP contribution < -0.4 is 5.32 Å². The molecule has 414 valence electrons. The number of esters is 2. The summed E-state index contributed by atoms with van der Waals surface area (Å²) in [5.41, 5.74) is 0. The maximum atomic E-state index is 14.2. The molecule has 0 heterocycles. The van der Waals surface area contributed by atoms with E-state index in [2.05, 4.69) is 58.7 Å². The maximum Gasteiger partial charge on any atom is 0.305 e. The SMILES string of the molecule is CCCCCCCCCCNC(=O)C(CCCCCCCCC(=O)OCC(CCCC)CCCCCC)N(CCCN(CC)CC)C(=O)CCCCCCCC(=O)OCC(CCCC)CCCCCC. The zero-order chi connectivity index (χ0) is 51.6. The van der Waals surface area contributed by atoms with Gasteiger partial charge in [0.1, 0.15) is 6.04 Å². The van der Waals surface area contributed by atoms with Crippen molar-refractivity contribution in [3.63, 3.8) is 0 Å². The lowest BCUT2D eigenvalue weighted by molar-refractivity contribution is -0.146. The lowest BCUT2D eigenvalue weighted by Gasteiger charge is -2.32. The molecule has 0 aromatic rings. The topological polar surface area (TPSA) is 105 Å². The molecular formula is C61H119N3O6. The van der Waals surface area contributed by atoms with Gasteiger partial charge in [-0.2, -0.15) is 0 Å². The molecule has 0 spiro atoms. The third kappa shape index (κ3) is 41.3. The van der Waals surface area contributed by atoms with Crippen LogP contribution in [-0.4, -0.2) is 85.5 Å². The van der Waals surface area contributed by atoms with Gasteiger partial charge in [-0.15, -0.1) is 0 Å². The van der Waals surface area contributed by atoms with Crippen molar-refractivity contribution in [3.8, 4) is 0 Å². The van der Waals surface area contributed by atoms with Crippen LogP contribution in [0.5, 0.6) is 0 Å². The highest BCUT2D eigenvalue weighted by Crippen LogP contribution is 2.22. The van der Waals surface area contributed by atoms with E-state index in [9.17, 15) is 19.2 Å². The lowest BCUT2D eigenvalue weighted by atomic mass is 9.96. The largest absolute Gasteiger partial charge is 0.465 e. The minimum atomic E-state index is -0.454. The number of amides is 2. The number of hydrogen-bond donors (Lipinski definition) is 1. The Morgan fingerprint density at radius 2 is 0.757 bits per heavy atom. The number of unbranched alkanes of at least 4 members (excludes halogenated alkanes) is 24. The normalized spacial score (nSPS) is 12.8. The van der Waals surface area contributed by atoms with Crippen molar-refractivity contribution in [3.05, 3.63) is 0 Å². The second kappa shape index (κ2) is 51.7. The van der Waals surface area contributed by atoms with Crippen molar-refractivity contribution in [2.24, 2.45) is 11.8 Å². The van der Waals surface area contributed by atoms with E-state index >= 15 is 0 Å². The van der Waals surface area contributed by atoms with Crippen LogP contribution in [0, 0.1) is 11.8 Å². The van der Waals surface area contributed by atoms with E-state index in [1.54, 1.807) is 0 Å². The molecule has 3 atom stereocenters. The van der Waals surface area contributed by atoms with Gasteiger partial charge in [0.15, 0.2) is 0 Å². The fourth-order valence-electron chi connectivity index (χ4n) is 9.90. The van der Waals surface area contributed by atoms with E-state index in [4.69, 9.17) is 9.47 Å². The number of ether oxygens (including phenoxy) is 2. The van der Waals surface area contributed by atoms with E-state index in [0.717, 1.165) is 135 Å². The highest BCUT2D eigenvalue weighted by molar-refractivity contribution is 5.87. The molecule has 9 heteroatoms.